The van der Waals surface area contributed by atoms with E-state index in [1.54, 1.807) is 11.3 Å². The molecule has 4 nitrogen and oxygen atoms in total. The zero-order chi connectivity index (χ0) is 19.8. The molecular weight excluding hydrogens is 390 g/mol. The fourth-order valence-corrected chi connectivity index (χ4v) is 5.12. The Morgan fingerprint density at radius 2 is 1.89 bits per heavy atom. The minimum atomic E-state index is 0.0229. The van der Waals surface area contributed by atoms with Crippen LogP contribution in [0.3, 0.4) is 0 Å². The molecule has 28 heavy (non-hydrogen) atoms. The van der Waals surface area contributed by atoms with Crippen LogP contribution in [0.2, 0.25) is 5.02 Å². The van der Waals surface area contributed by atoms with Crippen LogP contribution in [0, 0.1) is 26.7 Å². The monoisotopic (exact) mass is 413 g/mol. The molecule has 1 N–H and O–H groups in total. The number of piperidine rings is 1. The number of thiazole rings is 1. The summed E-state index contributed by atoms with van der Waals surface area (Å²) in [5, 5.41) is 4.75. The highest BCUT2D eigenvalue weighted by Crippen LogP contribution is 2.34. The van der Waals surface area contributed by atoms with Gasteiger partial charge in [0.15, 0.2) is 5.13 Å². The summed E-state index contributed by atoms with van der Waals surface area (Å²) in [4.78, 5) is 19.8. The molecule has 2 heterocycles. The van der Waals surface area contributed by atoms with Crippen molar-refractivity contribution < 1.29 is 4.79 Å². The summed E-state index contributed by atoms with van der Waals surface area (Å²) in [6.07, 6.45) is 1.67. The van der Waals surface area contributed by atoms with Gasteiger partial charge in [-0.3, -0.25) is 4.79 Å². The third-order valence-electron chi connectivity index (χ3n) is 5.39. The number of halogens is 1. The van der Waals surface area contributed by atoms with Crippen LogP contribution < -0.4 is 10.2 Å². The van der Waals surface area contributed by atoms with E-state index in [9.17, 15) is 4.79 Å². The van der Waals surface area contributed by atoms with Crippen LogP contribution in [-0.4, -0.2) is 24.0 Å². The van der Waals surface area contributed by atoms with Crippen LogP contribution in [0.1, 0.15) is 29.5 Å². The molecule has 3 aromatic rings. The fourth-order valence-electron chi connectivity index (χ4n) is 3.74. The second-order valence-corrected chi connectivity index (χ2v) is 9.06. The van der Waals surface area contributed by atoms with Crippen molar-refractivity contribution in [1.29, 1.82) is 0 Å². The van der Waals surface area contributed by atoms with Crippen molar-refractivity contribution in [1.82, 2.24) is 4.98 Å². The highest BCUT2D eigenvalue weighted by atomic mass is 35.5. The highest BCUT2D eigenvalue weighted by Gasteiger charge is 2.26. The Balaban J connectivity index is 1.41. The zero-order valence-corrected chi connectivity index (χ0v) is 18.0. The standard InChI is InChI=1S/C22H24ClN3OS/c1-13-10-15(3)20-19(11-13)28-22(25-20)26-8-6-16(7-9-26)21(27)24-17-5-4-14(2)18(23)12-17/h4-5,10-12,16H,6-9H2,1-3H3,(H,24,27). The largest absolute Gasteiger partial charge is 0.348 e. The number of hydrogen-bond donors (Lipinski definition) is 1. The molecule has 1 aliphatic rings. The van der Waals surface area contributed by atoms with E-state index in [4.69, 9.17) is 16.6 Å². The first-order chi connectivity index (χ1) is 13.4. The molecule has 0 atom stereocenters. The van der Waals surface area contributed by atoms with E-state index < -0.39 is 0 Å². The van der Waals surface area contributed by atoms with Gasteiger partial charge in [0.25, 0.3) is 0 Å². The average molecular weight is 414 g/mol. The Morgan fingerprint density at radius 1 is 1.14 bits per heavy atom. The molecule has 0 unspecified atom stereocenters. The summed E-state index contributed by atoms with van der Waals surface area (Å²) in [7, 11) is 0. The molecule has 6 heteroatoms. The van der Waals surface area contributed by atoms with Gasteiger partial charge in [-0.2, -0.15) is 0 Å². The van der Waals surface area contributed by atoms with Gasteiger partial charge in [0.05, 0.1) is 10.2 Å². The summed E-state index contributed by atoms with van der Waals surface area (Å²) in [6, 6.07) is 10.0. The van der Waals surface area contributed by atoms with Gasteiger partial charge < -0.3 is 10.2 Å². The third-order valence-corrected chi connectivity index (χ3v) is 6.86. The second-order valence-electron chi connectivity index (χ2n) is 7.64. The molecule has 1 aromatic heterocycles. The molecule has 0 aliphatic carbocycles. The molecule has 1 saturated heterocycles. The lowest BCUT2D eigenvalue weighted by Crippen LogP contribution is -2.38. The molecule has 0 saturated carbocycles. The summed E-state index contributed by atoms with van der Waals surface area (Å²) >= 11 is 7.91. The molecule has 146 valence electrons. The molecule has 0 bridgehead atoms. The van der Waals surface area contributed by atoms with Gasteiger partial charge in [0, 0.05) is 29.7 Å². The number of fused-ring (bicyclic) bond motifs is 1. The summed E-state index contributed by atoms with van der Waals surface area (Å²) in [5.41, 5.74) is 5.37. The van der Waals surface area contributed by atoms with Gasteiger partial charge in [0.2, 0.25) is 5.91 Å². The van der Waals surface area contributed by atoms with E-state index in [2.05, 4.69) is 36.2 Å². The van der Waals surface area contributed by atoms with Crippen molar-refractivity contribution in [3.8, 4) is 0 Å². The topological polar surface area (TPSA) is 45.2 Å². The number of anilines is 2. The number of aromatic nitrogens is 1. The van der Waals surface area contributed by atoms with Crippen LogP contribution in [0.25, 0.3) is 10.2 Å². The number of nitrogens with one attached hydrogen (secondary N) is 1. The van der Waals surface area contributed by atoms with Gasteiger partial charge in [-0.1, -0.05) is 35.1 Å². The minimum Gasteiger partial charge on any atom is -0.348 e. The lowest BCUT2D eigenvalue weighted by atomic mass is 9.96. The van der Waals surface area contributed by atoms with Crippen molar-refractivity contribution in [2.75, 3.05) is 23.3 Å². The second kappa shape index (κ2) is 7.72. The molecule has 0 spiro atoms. The summed E-state index contributed by atoms with van der Waals surface area (Å²) in [5.74, 6) is 0.102. The predicted molar refractivity (Wildman–Crippen MR) is 119 cm³/mol. The molecular formula is C22H24ClN3OS. The Labute approximate surface area is 174 Å². The molecule has 4 rings (SSSR count). The molecule has 2 aromatic carbocycles. The summed E-state index contributed by atoms with van der Waals surface area (Å²) in [6.45, 7) is 7.90. The maximum Gasteiger partial charge on any atom is 0.227 e. The Kier molecular flexibility index (Phi) is 5.30. The Hall–Kier alpha value is -2.11. The van der Waals surface area contributed by atoms with E-state index in [1.807, 2.05) is 25.1 Å². The number of carbonyl (C=O) groups is 1. The number of rotatable bonds is 3. The van der Waals surface area contributed by atoms with Crippen LogP contribution >= 0.6 is 22.9 Å². The summed E-state index contributed by atoms with van der Waals surface area (Å²) < 4.78 is 1.24. The first kappa shape index (κ1) is 19.2. The van der Waals surface area contributed by atoms with E-state index >= 15 is 0 Å². The van der Waals surface area contributed by atoms with Crippen molar-refractivity contribution in [3.63, 3.8) is 0 Å². The van der Waals surface area contributed by atoms with E-state index in [-0.39, 0.29) is 11.8 Å². The van der Waals surface area contributed by atoms with Gasteiger partial charge in [0.1, 0.15) is 0 Å². The van der Waals surface area contributed by atoms with Crippen LogP contribution in [-0.2, 0) is 4.79 Å². The van der Waals surface area contributed by atoms with E-state index in [1.165, 1.54) is 15.8 Å². The van der Waals surface area contributed by atoms with E-state index in [0.717, 1.165) is 47.8 Å². The van der Waals surface area contributed by atoms with Crippen LogP contribution in [0.5, 0.6) is 0 Å². The lowest BCUT2D eigenvalue weighted by molar-refractivity contribution is -0.120. The number of hydrogen-bond acceptors (Lipinski definition) is 4. The number of nitrogens with zero attached hydrogens (tertiary/aromatic N) is 2. The van der Waals surface area contributed by atoms with Gasteiger partial charge in [-0.15, -0.1) is 0 Å². The first-order valence-electron chi connectivity index (χ1n) is 9.60. The SMILES string of the molecule is Cc1cc(C)c2nc(N3CCC(C(=O)Nc4ccc(C)c(Cl)c4)CC3)sc2c1. The zero-order valence-electron chi connectivity index (χ0n) is 16.4. The van der Waals surface area contributed by atoms with Gasteiger partial charge >= 0.3 is 0 Å². The number of carbonyl (C=O) groups excluding carboxylic acids is 1. The molecule has 1 amide bonds. The minimum absolute atomic E-state index is 0.0229. The number of benzene rings is 2. The Morgan fingerprint density at radius 3 is 2.61 bits per heavy atom. The van der Waals surface area contributed by atoms with Gasteiger partial charge in [-0.05, 0) is 68.5 Å². The number of amides is 1. The number of aryl methyl sites for hydroxylation is 3. The Bertz CT molecular complexity index is 1040. The van der Waals surface area contributed by atoms with Gasteiger partial charge in [-0.25, -0.2) is 4.98 Å². The van der Waals surface area contributed by atoms with Crippen molar-refractivity contribution in [2.45, 2.75) is 33.6 Å². The molecule has 1 aliphatic heterocycles. The van der Waals surface area contributed by atoms with Crippen LogP contribution in [0.4, 0.5) is 10.8 Å². The molecule has 1 fully saturated rings. The highest BCUT2D eigenvalue weighted by molar-refractivity contribution is 7.22. The molecule has 0 radical (unpaired) electrons. The quantitative estimate of drug-likeness (QED) is 0.596. The van der Waals surface area contributed by atoms with Crippen molar-refractivity contribution >= 4 is 49.9 Å². The van der Waals surface area contributed by atoms with Crippen molar-refractivity contribution in [2.24, 2.45) is 5.92 Å². The smallest absolute Gasteiger partial charge is 0.227 e. The predicted octanol–water partition coefficient (Wildman–Crippen LogP) is 5.73. The third kappa shape index (κ3) is 3.87. The fraction of sp³-hybridized carbons (Fsp3) is 0.364. The van der Waals surface area contributed by atoms with E-state index in [0.29, 0.717) is 5.02 Å². The lowest BCUT2D eigenvalue weighted by Gasteiger charge is -2.31. The first-order valence-corrected chi connectivity index (χ1v) is 10.8. The van der Waals surface area contributed by atoms with Crippen LogP contribution in [0.15, 0.2) is 30.3 Å². The maximum absolute atomic E-state index is 12.6. The van der Waals surface area contributed by atoms with Crippen molar-refractivity contribution in [3.05, 3.63) is 52.0 Å². The normalized spacial score (nSPS) is 15.2. The average Bonchev–Trinajstić information content (AvgIpc) is 3.09. The maximum atomic E-state index is 12.6.